The van der Waals surface area contributed by atoms with Gasteiger partial charge in [-0.3, -0.25) is 0 Å². The van der Waals surface area contributed by atoms with Crippen LogP contribution in [0.1, 0.15) is 28.8 Å². The number of rotatable bonds is 3. The van der Waals surface area contributed by atoms with Crippen LogP contribution in [-0.2, 0) is 10.0 Å². The molecule has 2 rings (SSSR count). The fourth-order valence-electron chi connectivity index (χ4n) is 2.39. The quantitative estimate of drug-likeness (QED) is 0.860. The minimum Gasteiger partial charge on any atom is -0.478 e. The van der Waals surface area contributed by atoms with Crippen molar-refractivity contribution in [3.63, 3.8) is 0 Å². The molecule has 0 unspecified atom stereocenters. The van der Waals surface area contributed by atoms with E-state index in [9.17, 15) is 18.3 Å². The van der Waals surface area contributed by atoms with Crippen molar-refractivity contribution in [2.45, 2.75) is 24.7 Å². The van der Waals surface area contributed by atoms with Gasteiger partial charge in [-0.25, -0.2) is 18.4 Å². The van der Waals surface area contributed by atoms with Crippen molar-refractivity contribution in [3.8, 4) is 0 Å². The summed E-state index contributed by atoms with van der Waals surface area (Å²) in [6, 6.07) is 2.90. The maximum absolute atomic E-state index is 11.7. The first kappa shape index (κ1) is 13.8. The number of nitrogens with zero attached hydrogens (tertiary/aromatic N) is 1. The summed E-state index contributed by atoms with van der Waals surface area (Å²) in [6.45, 7) is 2.94. The number of hydrogen-bond donors (Lipinski definition) is 2. The minimum atomic E-state index is -3.95. The molecule has 1 aliphatic heterocycles. The van der Waals surface area contributed by atoms with Gasteiger partial charge in [0.2, 0.25) is 10.0 Å². The Balaban J connectivity index is 2.74. The molecule has 7 heteroatoms. The van der Waals surface area contributed by atoms with Gasteiger partial charge in [0, 0.05) is 13.1 Å². The van der Waals surface area contributed by atoms with E-state index in [0.717, 1.165) is 12.8 Å². The predicted octanol–water partition coefficient (Wildman–Crippen LogP) is 0.941. The lowest BCUT2D eigenvalue weighted by Gasteiger charge is -2.23. The highest BCUT2D eigenvalue weighted by molar-refractivity contribution is 7.89. The average Bonchev–Trinajstić information content (AvgIpc) is 2.79. The standard InChI is InChI=1S/C12H16N2O4S/c1-8-6-9(12(15)16)11(14-4-2-3-5-14)10(7-8)19(13,17)18/h6-7H,2-5H2,1H3,(H,15,16)(H2,13,17,18). The molecule has 0 atom stereocenters. The largest absolute Gasteiger partial charge is 0.478 e. The smallest absolute Gasteiger partial charge is 0.337 e. The summed E-state index contributed by atoms with van der Waals surface area (Å²) in [7, 11) is -3.95. The number of nitrogens with two attached hydrogens (primary N) is 1. The van der Waals surface area contributed by atoms with Gasteiger partial charge in [-0.15, -0.1) is 0 Å². The maximum atomic E-state index is 11.7. The lowest BCUT2D eigenvalue weighted by atomic mass is 10.1. The molecule has 0 aliphatic carbocycles. The van der Waals surface area contributed by atoms with Gasteiger partial charge >= 0.3 is 5.97 Å². The topological polar surface area (TPSA) is 101 Å². The van der Waals surface area contributed by atoms with E-state index in [0.29, 0.717) is 18.7 Å². The molecular weight excluding hydrogens is 268 g/mol. The second-order valence-electron chi connectivity index (χ2n) is 4.70. The summed E-state index contributed by atoms with van der Waals surface area (Å²) in [5.41, 5.74) is 0.772. The molecule has 3 N–H and O–H groups in total. The third-order valence-electron chi connectivity index (χ3n) is 3.18. The Morgan fingerprint density at radius 3 is 2.37 bits per heavy atom. The fraction of sp³-hybridized carbons (Fsp3) is 0.417. The lowest BCUT2D eigenvalue weighted by molar-refractivity contribution is 0.0697. The Kier molecular flexibility index (Phi) is 3.51. The third-order valence-corrected chi connectivity index (χ3v) is 4.10. The van der Waals surface area contributed by atoms with Gasteiger partial charge in [0.1, 0.15) is 4.90 Å². The number of carboxylic acid groups (broad SMARTS) is 1. The molecule has 1 fully saturated rings. The molecule has 0 amide bonds. The summed E-state index contributed by atoms with van der Waals surface area (Å²) in [4.78, 5) is 13.0. The Bertz CT molecular complexity index is 619. The number of hydrogen-bond acceptors (Lipinski definition) is 4. The van der Waals surface area contributed by atoms with E-state index < -0.39 is 16.0 Å². The van der Waals surface area contributed by atoms with Gasteiger partial charge in [-0.2, -0.15) is 0 Å². The number of anilines is 1. The van der Waals surface area contributed by atoms with Crippen LogP contribution in [0.4, 0.5) is 5.69 Å². The van der Waals surface area contributed by atoms with E-state index >= 15 is 0 Å². The van der Waals surface area contributed by atoms with Crippen LogP contribution >= 0.6 is 0 Å². The minimum absolute atomic E-state index is 0.00840. The highest BCUT2D eigenvalue weighted by Gasteiger charge is 2.27. The van der Waals surface area contributed by atoms with Crippen LogP contribution in [-0.4, -0.2) is 32.6 Å². The zero-order valence-corrected chi connectivity index (χ0v) is 11.4. The number of aryl methyl sites for hydroxylation is 1. The molecule has 1 saturated heterocycles. The van der Waals surface area contributed by atoms with E-state index in [2.05, 4.69) is 0 Å². The van der Waals surface area contributed by atoms with Gasteiger partial charge < -0.3 is 10.0 Å². The van der Waals surface area contributed by atoms with E-state index in [1.807, 2.05) is 0 Å². The summed E-state index contributed by atoms with van der Waals surface area (Å²) in [6.07, 6.45) is 1.83. The number of benzene rings is 1. The van der Waals surface area contributed by atoms with Crippen molar-refractivity contribution in [2.24, 2.45) is 5.14 Å². The van der Waals surface area contributed by atoms with Crippen molar-refractivity contribution < 1.29 is 18.3 Å². The molecule has 1 aromatic rings. The molecule has 1 aliphatic rings. The van der Waals surface area contributed by atoms with Crippen LogP contribution in [0.3, 0.4) is 0 Å². The monoisotopic (exact) mass is 284 g/mol. The lowest BCUT2D eigenvalue weighted by Crippen LogP contribution is -2.25. The average molecular weight is 284 g/mol. The molecule has 0 spiro atoms. The first-order valence-corrected chi connectivity index (χ1v) is 7.51. The molecule has 6 nitrogen and oxygen atoms in total. The second kappa shape index (κ2) is 4.82. The highest BCUT2D eigenvalue weighted by atomic mass is 32.2. The summed E-state index contributed by atoms with van der Waals surface area (Å²) in [5, 5.41) is 14.5. The molecule has 0 aromatic heterocycles. The van der Waals surface area contributed by atoms with Gasteiger partial charge in [0.25, 0.3) is 0 Å². The second-order valence-corrected chi connectivity index (χ2v) is 6.23. The van der Waals surface area contributed by atoms with E-state index in [4.69, 9.17) is 5.14 Å². The molecule has 1 heterocycles. The van der Waals surface area contributed by atoms with Crippen LogP contribution in [0.25, 0.3) is 0 Å². The highest BCUT2D eigenvalue weighted by Crippen LogP contribution is 2.32. The molecule has 1 aromatic carbocycles. The molecule has 0 radical (unpaired) electrons. The molecular formula is C12H16N2O4S. The van der Waals surface area contributed by atoms with E-state index in [1.54, 1.807) is 11.8 Å². The van der Waals surface area contributed by atoms with Crippen molar-refractivity contribution in [2.75, 3.05) is 18.0 Å². The Morgan fingerprint density at radius 1 is 1.32 bits per heavy atom. The number of carbonyl (C=O) groups is 1. The number of aromatic carboxylic acids is 1. The summed E-state index contributed by atoms with van der Waals surface area (Å²) in [5.74, 6) is -1.14. The van der Waals surface area contributed by atoms with E-state index in [1.165, 1.54) is 12.1 Å². The Hall–Kier alpha value is -1.60. The first-order valence-electron chi connectivity index (χ1n) is 5.96. The van der Waals surface area contributed by atoms with Gasteiger partial charge in [-0.05, 0) is 37.5 Å². The van der Waals surface area contributed by atoms with Gasteiger partial charge in [0.05, 0.1) is 11.3 Å². The van der Waals surface area contributed by atoms with E-state index in [-0.39, 0.29) is 16.1 Å². The van der Waals surface area contributed by atoms with Crippen molar-refractivity contribution in [1.29, 1.82) is 0 Å². The van der Waals surface area contributed by atoms with Gasteiger partial charge in [0.15, 0.2) is 0 Å². The molecule has 19 heavy (non-hydrogen) atoms. The fourth-order valence-corrected chi connectivity index (χ4v) is 3.25. The summed E-state index contributed by atoms with van der Waals surface area (Å²) < 4.78 is 23.4. The maximum Gasteiger partial charge on any atom is 0.337 e. The molecule has 0 bridgehead atoms. The third kappa shape index (κ3) is 2.71. The molecule has 104 valence electrons. The first-order chi connectivity index (χ1) is 8.80. The van der Waals surface area contributed by atoms with Crippen LogP contribution in [0.15, 0.2) is 17.0 Å². The van der Waals surface area contributed by atoms with Gasteiger partial charge in [-0.1, -0.05) is 0 Å². The number of primary sulfonamides is 1. The van der Waals surface area contributed by atoms with Crippen LogP contribution < -0.4 is 10.0 Å². The Labute approximate surface area is 111 Å². The predicted molar refractivity (Wildman–Crippen MR) is 71.0 cm³/mol. The summed E-state index contributed by atoms with van der Waals surface area (Å²) >= 11 is 0. The van der Waals surface area contributed by atoms with Crippen molar-refractivity contribution >= 4 is 21.7 Å². The normalized spacial score (nSPS) is 15.8. The zero-order valence-electron chi connectivity index (χ0n) is 10.6. The van der Waals surface area contributed by atoms with Crippen LogP contribution in [0.2, 0.25) is 0 Å². The zero-order chi connectivity index (χ0) is 14.2. The van der Waals surface area contributed by atoms with Crippen LogP contribution in [0.5, 0.6) is 0 Å². The van der Waals surface area contributed by atoms with Crippen LogP contribution in [0, 0.1) is 6.92 Å². The molecule has 0 saturated carbocycles. The Morgan fingerprint density at radius 2 is 1.89 bits per heavy atom. The van der Waals surface area contributed by atoms with Crippen molar-refractivity contribution in [3.05, 3.63) is 23.3 Å². The SMILES string of the molecule is Cc1cc(C(=O)O)c(N2CCCC2)c(S(N)(=O)=O)c1. The number of carboxylic acids is 1. The van der Waals surface area contributed by atoms with Crippen molar-refractivity contribution in [1.82, 2.24) is 0 Å². The number of sulfonamides is 1.